The first kappa shape index (κ1) is 15.4. The van der Waals surface area contributed by atoms with Gasteiger partial charge in [-0.05, 0) is 48.9 Å². The number of aromatic carboxylic acids is 1. The highest BCUT2D eigenvalue weighted by molar-refractivity contribution is 6.33. The van der Waals surface area contributed by atoms with Gasteiger partial charge >= 0.3 is 5.97 Å². The lowest BCUT2D eigenvalue weighted by Gasteiger charge is -2.09. The molecule has 0 aromatic heterocycles. The summed E-state index contributed by atoms with van der Waals surface area (Å²) in [5.41, 5.74) is 1.48. The zero-order valence-corrected chi connectivity index (χ0v) is 12.5. The van der Waals surface area contributed by atoms with Gasteiger partial charge in [0.05, 0.1) is 10.6 Å². The summed E-state index contributed by atoms with van der Waals surface area (Å²) in [6, 6.07) is 9.19. The summed E-state index contributed by atoms with van der Waals surface area (Å²) in [4.78, 5) is 23.2. The van der Waals surface area contributed by atoms with E-state index >= 15 is 0 Å². The summed E-state index contributed by atoms with van der Waals surface area (Å²) in [6.07, 6.45) is 0. The van der Waals surface area contributed by atoms with Crippen LogP contribution in [-0.4, -0.2) is 17.0 Å². The number of carboxylic acid groups (broad SMARTS) is 1. The smallest absolute Gasteiger partial charge is 0.337 e. The number of anilines is 1. The number of hydrogen-bond acceptors (Lipinski definition) is 2. The molecule has 2 aromatic rings. The predicted octanol–water partition coefficient (Wildman–Crippen LogP) is 4.25. The Morgan fingerprint density at radius 2 is 1.76 bits per heavy atom. The molecule has 0 aliphatic carbocycles. The normalized spacial score (nSPS) is 10.2. The van der Waals surface area contributed by atoms with Crippen molar-refractivity contribution in [1.82, 2.24) is 0 Å². The van der Waals surface area contributed by atoms with E-state index in [0.29, 0.717) is 16.3 Å². The van der Waals surface area contributed by atoms with Crippen molar-refractivity contribution in [2.24, 2.45) is 0 Å². The molecule has 0 bridgehead atoms. The van der Waals surface area contributed by atoms with Gasteiger partial charge in [0.2, 0.25) is 0 Å². The van der Waals surface area contributed by atoms with Crippen LogP contribution < -0.4 is 5.32 Å². The van der Waals surface area contributed by atoms with Gasteiger partial charge in [0.25, 0.3) is 5.91 Å². The molecule has 21 heavy (non-hydrogen) atoms. The Hall–Kier alpha value is -2.04. The van der Waals surface area contributed by atoms with Gasteiger partial charge in [-0.1, -0.05) is 23.2 Å². The third-order valence-electron chi connectivity index (χ3n) is 2.89. The second-order valence-corrected chi connectivity index (χ2v) is 5.26. The summed E-state index contributed by atoms with van der Waals surface area (Å²) < 4.78 is 0. The Morgan fingerprint density at radius 1 is 1.05 bits per heavy atom. The van der Waals surface area contributed by atoms with Crippen molar-refractivity contribution in [1.29, 1.82) is 0 Å². The van der Waals surface area contributed by atoms with Gasteiger partial charge in [-0.15, -0.1) is 0 Å². The van der Waals surface area contributed by atoms with Crippen molar-refractivity contribution in [3.63, 3.8) is 0 Å². The Kier molecular flexibility index (Phi) is 4.50. The minimum atomic E-state index is -1.15. The van der Waals surface area contributed by atoms with Crippen molar-refractivity contribution in [3.8, 4) is 0 Å². The third kappa shape index (κ3) is 3.54. The Labute approximate surface area is 131 Å². The van der Waals surface area contributed by atoms with Crippen LogP contribution in [0.3, 0.4) is 0 Å². The minimum absolute atomic E-state index is 0.0673. The van der Waals surface area contributed by atoms with E-state index in [4.69, 9.17) is 28.3 Å². The summed E-state index contributed by atoms with van der Waals surface area (Å²) in [6.45, 7) is 1.77. The molecular weight excluding hydrogens is 313 g/mol. The van der Waals surface area contributed by atoms with Gasteiger partial charge in [-0.2, -0.15) is 0 Å². The fourth-order valence-corrected chi connectivity index (χ4v) is 2.27. The van der Waals surface area contributed by atoms with E-state index < -0.39 is 5.97 Å². The monoisotopic (exact) mass is 323 g/mol. The number of amides is 1. The number of aryl methyl sites for hydroxylation is 1. The molecule has 0 saturated carbocycles. The van der Waals surface area contributed by atoms with Crippen molar-refractivity contribution >= 4 is 40.8 Å². The van der Waals surface area contributed by atoms with Gasteiger partial charge in [0.15, 0.2) is 0 Å². The fraction of sp³-hybridized carbons (Fsp3) is 0.0667. The molecule has 0 aliphatic rings. The van der Waals surface area contributed by atoms with Gasteiger partial charge in [0, 0.05) is 16.3 Å². The van der Waals surface area contributed by atoms with Gasteiger partial charge in [-0.25, -0.2) is 4.79 Å². The van der Waals surface area contributed by atoms with E-state index in [0.717, 1.165) is 5.56 Å². The molecule has 108 valence electrons. The largest absolute Gasteiger partial charge is 0.478 e. The van der Waals surface area contributed by atoms with E-state index in [1.165, 1.54) is 18.2 Å². The fourth-order valence-electron chi connectivity index (χ4n) is 1.85. The topological polar surface area (TPSA) is 66.4 Å². The average Bonchev–Trinajstić information content (AvgIpc) is 2.40. The molecule has 2 N–H and O–H groups in total. The SMILES string of the molecule is Cc1cc(Cl)ccc1C(=O)Nc1ccc(Cl)c(C(=O)O)c1. The Balaban J connectivity index is 2.27. The quantitative estimate of drug-likeness (QED) is 0.887. The molecule has 0 radical (unpaired) electrons. The summed E-state index contributed by atoms with van der Waals surface area (Å²) >= 11 is 11.6. The van der Waals surface area contributed by atoms with E-state index in [9.17, 15) is 9.59 Å². The lowest BCUT2D eigenvalue weighted by Crippen LogP contribution is -2.13. The van der Waals surface area contributed by atoms with E-state index in [1.807, 2.05) is 0 Å². The first-order valence-electron chi connectivity index (χ1n) is 5.99. The van der Waals surface area contributed by atoms with Crippen LogP contribution in [0.2, 0.25) is 10.0 Å². The molecule has 0 heterocycles. The van der Waals surface area contributed by atoms with E-state index in [1.54, 1.807) is 25.1 Å². The lowest BCUT2D eigenvalue weighted by molar-refractivity contribution is 0.0696. The minimum Gasteiger partial charge on any atom is -0.478 e. The molecule has 0 fully saturated rings. The number of carboxylic acids is 1. The van der Waals surface area contributed by atoms with Crippen LogP contribution in [0.15, 0.2) is 36.4 Å². The summed E-state index contributed by atoms with van der Waals surface area (Å²) in [5, 5.41) is 12.3. The van der Waals surface area contributed by atoms with Gasteiger partial charge in [-0.3, -0.25) is 4.79 Å². The highest BCUT2D eigenvalue weighted by Crippen LogP contribution is 2.22. The number of carbonyl (C=O) groups excluding carboxylic acids is 1. The zero-order valence-electron chi connectivity index (χ0n) is 11.0. The van der Waals surface area contributed by atoms with Crippen LogP contribution in [0, 0.1) is 6.92 Å². The number of nitrogens with one attached hydrogen (secondary N) is 1. The molecule has 0 unspecified atom stereocenters. The highest BCUT2D eigenvalue weighted by atomic mass is 35.5. The van der Waals surface area contributed by atoms with E-state index in [2.05, 4.69) is 5.32 Å². The number of carbonyl (C=O) groups is 2. The third-order valence-corrected chi connectivity index (χ3v) is 3.45. The standard InChI is InChI=1S/C15H11Cl2NO3/c1-8-6-9(16)2-4-11(8)14(19)18-10-3-5-13(17)12(7-10)15(20)21/h2-7H,1H3,(H,18,19)(H,20,21). The molecule has 0 aliphatic heterocycles. The van der Waals surface area contributed by atoms with Crippen LogP contribution in [-0.2, 0) is 0 Å². The van der Waals surface area contributed by atoms with E-state index in [-0.39, 0.29) is 16.5 Å². The number of rotatable bonds is 3. The van der Waals surface area contributed by atoms with Gasteiger partial charge < -0.3 is 10.4 Å². The molecule has 1 amide bonds. The first-order chi connectivity index (χ1) is 9.88. The molecule has 4 nitrogen and oxygen atoms in total. The molecule has 2 aromatic carbocycles. The molecule has 6 heteroatoms. The number of halogens is 2. The maximum absolute atomic E-state index is 12.2. The summed E-state index contributed by atoms with van der Waals surface area (Å²) in [7, 11) is 0. The second kappa shape index (κ2) is 6.16. The van der Waals surface area contributed by atoms with Crippen LogP contribution in [0.1, 0.15) is 26.3 Å². The molecular formula is C15H11Cl2NO3. The lowest BCUT2D eigenvalue weighted by atomic mass is 10.1. The predicted molar refractivity (Wildman–Crippen MR) is 82.6 cm³/mol. The van der Waals surface area contributed by atoms with Crippen molar-refractivity contribution in [2.45, 2.75) is 6.92 Å². The maximum Gasteiger partial charge on any atom is 0.337 e. The van der Waals surface area contributed by atoms with Crippen molar-refractivity contribution < 1.29 is 14.7 Å². The number of hydrogen-bond donors (Lipinski definition) is 2. The Morgan fingerprint density at radius 3 is 2.38 bits per heavy atom. The molecule has 2 rings (SSSR count). The van der Waals surface area contributed by atoms with Gasteiger partial charge in [0.1, 0.15) is 0 Å². The average molecular weight is 324 g/mol. The molecule has 0 atom stereocenters. The number of benzene rings is 2. The molecule has 0 saturated heterocycles. The molecule has 0 spiro atoms. The van der Waals surface area contributed by atoms with Crippen LogP contribution in [0.4, 0.5) is 5.69 Å². The Bertz CT molecular complexity index is 729. The van der Waals surface area contributed by atoms with Crippen LogP contribution in [0.25, 0.3) is 0 Å². The second-order valence-electron chi connectivity index (χ2n) is 4.41. The summed E-state index contributed by atoms with van der Waals surface area (Å²) in [5.74, 6) is -1.50. The van der Waals surface area contributed by atoms with Crippen molar-refractivity contribution in [3.05, 3.63) is 63.1 Å². The first-order valence-corrected chi connectivity index (χ1v) is 6.74. The van der Waals surface area contributed by atoms with Crippen molar-refractivity contribution in [2.75, 3.05) is 5.32 Å². The maximum atomic E-state index is 12.2. The van der Waals surface area contributed by atoms with Crippen LogP contribution >= 0.6 is 23.2 Å². The highest BCUT2D eigenvalue weighted by Gasteiger charge is 2.13. The van der Waals surface area contributed by atoms with Crippen LogP contribution in [0.5, 0.6) is 0 Å². The zero-order chi connectivity index (χ0) is 15.6.